The van der Waals surface area contributed by atoms with Crippen molar-refractivity contribution in [3.05, 3.63) is 35.4 Å². The van der Waals surface area contributed by atoms with E-state index in [1.165, 1.54) is 11.0 Å². The van der Waals surface area contributed by atoms with Gasteiger partial charge in [-0.25, -0.2) is 0 Å². The lowest BCUT2D eigenvalue weighted by molar-refractivity contribution is -0.148. The fraction of sp³-hybridized carbons (Fsp3) is 0.556. The van der Waals surface area contributed by atoms with Crippen molar-refractivity contribution in [2.45, 2.75) is 32.9 Å². The van der Waals surface area contributed by atoms with Crippen molar-refractivity contribution in [2.24, 2.45) is 17.8 Å². The quantitative estimate of drug-likeness (QED) is 0.898. The smallest absolute Gasteiger partial charge is 0.416 e. The highest BCUT2D eigenvalue weighted by Crippen LogP contribution is 2.30. The predicted molar refractivity (Wildman–Crippen MR) is 85.8 cm³/mol. The van der Waals surface area contributed by atoms with Gasteiger partial charge in [0.15, 0.2) is 0 Å². The monoisotopic (exact) mass is 357 g/mol. The maximum Gasteiger partial charge on any atom is 0.416 e. The molecule has 1 aromatic carbocycles. The van der Waals surface area contributed by atoms with Gasteiger partial charge in [-0.1, -0.05) is 32.0 Å². The number of amides is 1. The number of carbonyl (C=O) groups is 2. The molecule has 0 aliphatic carbocycles. The van der Waals surface area contributed by atoms with E-state index in [9.17, 15) is 27.9 Å². The molecule has 0 bridgehead atoms. The summed E-state index contributed by atoms with van der Waals surface area (Å²) < 4.78 is 38.4. The molecule has 1 amide bonds. The van der Waals surface area contributed by atoms with E-state index in [4.69, 9.17) is 0 Å². The van der Waals surface area contributed by atoms with Gasteiger partial charge >= 0.3 is 12.1 Å². The number of carbonyl (C=O) groups excluding carboxylic acids is 1. The number of aliphatic carboxylic acids is 1. The Labute approximate surface area is 144 Å². The zero-order chi connectivity index (χ0) is 18.8. The van der Waals surface area contributed by atoms with Crippen molar-refractivity contribution < 1.29 is 27.9 Å². The van der Waals surface area contributed by atoms with Crippen molar-refractivity contribution in [2.75, 3.05) is 13.1 Å². The minimum Gasteiger partial charge on any atom is -0.481 e. The largest absolute Gasteiger partial charge is 0.481 e. The van der Waals surface area contributed by atoms with Gasteiger partial charge in [0.2, 0.25) is 5.91 Å². The summed E-state index contributed by atoms with van der Waals surface area (Å²) in [5.41, 5.74) is -0.294. The number of piperidine rings is 1. The minimum absolute atomic E-state index is 0.0829. The van der Waals surface area contributed by atoms with Crippen LogP contribution in [0.5, 0.6) is 0 Å². The fourth-order valence-corrected chi connectivity index (χ4v) is 3.34. The summed E-state index contributed by atoms with van der Waals surface area (Å²) in [5, 5.41) is 9.19. The molecule has 4 nitrogen and oxygen atoms in total. The highest BCUT2D eigenvalue weighted by molar-refractivity contribution is 5.80. The summed E-state index contributed by atoms with van der Waals surface area (Å²) in [5.74, 6) is -2.15. The normalized spacial score (nSPS) is 22.5. The first-order valence-electron chi connectivity index (χ1n) is 8.25. The third-order valence-electron chi connectivity index (χ3n) is 4.54. The van der Waals surface area contributed by atoms with E-state index in [0.29, 0.717) is 18.5 Å². The van der Waals surface area contributed by atoms with Crippen LogP contribution in [0, 0.1) is 17.8 Å². The topological polar surface area (TPSA) is 57.6 Å². The van der Waals surface area contributed by atoms with Gasteiger partial charge in [0.05, 0.1) is 11.5 Å². The molecule has 0 spiro atoms. The maximum atomic E-state index is 12.8. The Morgan fingerprint density at radius 1 is 1.32 bits per heavy atom. The molecule has 7 heteroatoms. The molecule has 25 heavy (non-hydrogen) atoms. The van der Waals surface area contributed by atoms with E-state index in [0.717, 1.165) is 12.1 Å². The van der Waals surface area contributed by atoms with Crippen LogP contribution >= 0.6 is 0 Å². The molecule has 0 saturated carbocycles. The lowest BCUT2D eigenvalue weighted by atomic mass is 9.89. The number of nitrogens with zero attached hydrogens (tertiary/aromatic N) is 1. The van der Waals surface area contributed by atoms with Crippen molar-refractivity contribution in [3.63, 3.8) is 0 Å². The zero-order valence-corrected chi connectivity index (χ0v) is 14.2. The molecular formula is C18H22F3NO3. The average Bonchev–Trinajstić information content (AvgIpc) is 2.52. The second-order valence-corrected chi connectivity index (χ2v) is 6.92. The summed E-state index contributed by atoms with van der Waals surface area (Å²) >= 11 is 0. The van der Waals surface area contributed by atoms with Crippen LogP contribution in [0.25, 0.3) is 0 Å². The van der Waals surface area contributed by atoms with Crippen LogP contribution in [0.4, 0.5) is 13.2 Å². The van der Waals surface area contributed by atoms with Crippen LogP contribution in [-0.2, 0) is 22.2 Å². The van der Waals surface area contributed by atoms with E-state index >= 15 is 0 Å². The Bertz CT molecular complexity index is 645. The number of hydrogen-bond acceptors (Lipinski definition) is 2. The van der Waals surface area contributed by atoms with Crippen LogP contribution in [0.15, 0.2) is 24.3 Å². The van der Waals surface area contributed by atoms with E-state index in [1.54, 1.807) is 13.0 Å². The highest BCUT2D eigenvalue weighted by Gasteiger charge is 2.34. The van der Waals surface area contributed by atoms with Crippen molar-refractivity contribution in [1.82, 2.24) is 4.90 Å². The fourth-order valence-electron chi connectivity index (χ4n) is 3.34. The second-order valence-electron chi connectivity index (χ2n) is 6.92. The van der Waals surface area contributed by atoms with Crippen molar-refractivity contribution in [1.29, 1.82) is 0 Å². The molecule has 1 aliphatic rings. The molecule has 1 heterocycles. The standard InChI is InChI=1S/C18H22F3NO3/c1-11-6-14(17(24)25)10-22(9-11)16(23)12(2)7-13-4-3-5-15(8-13)18(19,20)21/h3-5,8,11-12,14H,6-7,9-10H2,1-2H3,(H,24,25). The molecule has 1 aromatic rings. The lowest BCUT2D eigenvalue weighted by Crippen LogP contribution is -2.47. The van der Waals surface area contributed by atoms with Gasteiger partial charge in [-0.3, -0.25) is 9.59 Å². The first-order valence-corrected chi connectivity index (χ1v) is 8.25. The molecule has 1 fully saturated rings. The number of rotatable bonds is 4. The Hall–Kier alpha value is -2.05. The average molecular weight is 357 g/mol. The first kappa shape index (κ1) is 19.3. The SMILES string of the molecule is CC1CC(C(=O)O)CN(C(=O)C(C)Cc2cccc(C(F)(F)F)c2)C1. The minimum atomic E-state index is -4.42. The summed E-state index contributed by atoms with van der Waals surface area (Å²) in [4.78, 5) is 25.4. The second kappa shape index (κ2) is 7.45. The molecule has 0 radical (unpaired) electrons. The highest BCUT2D eigenvalue weighted by atomic mass is 19.4. The molecule has 3 atom stereocenters. The van der Waals surface area contributed by atoms with E-state index in [2.05, 4.69) is 0 Å². The molecule has 138 valence electrons. The van der Waals surface area contributed by atoms with Crippen LogP contribution in [0.1, 0.15) is 31.4 Å². The Balaban J connectivity index is 2.06. The van der Waals surface area contributed by atoms with E-state index in [1.807, 2.05) is 6.92 Å². The van der Waals surface area contributed by atoms with Crippen molar-refractivity contribution in [3.8, 4) is 0 Å². The van der Waals surface area contributed by atoms with Crippen molar-refractivity contribution >= 4 is 11.9 Å². The summed E-state index contributed by atoms with van der Waals surface area (Å²) in [7, 11) is 0. The molecule has 1 N–H and O–H groups in total. The molecular weight excluding hydrogens is 335 g/mol. The van der Waals surface area contributed by atoms with Crippen LogP contribution in [0.2, 0.25) is 0 Å². The summed E-state index contributed by atoms with van der Waals surface area (Å²) in [6, 6.07) is 4.96. The number of likely N-dealkylation sites (tertiary alicyclic amines) is 1. The third-order valence-corrected chi connectivity index (χ3v) is 4.54. The Morgan fingerprint density at radius 3 is 2.60 bits per heavy atom. The zero-order valence-electron chi connectivity index (χ0n) is 14.2. The van der Waals surface area contributed by atoms with Gasteiger partial charge in [-0.15, -0.1) is 0 Å². The number of alkyl halides is 3. The van der Waals surface area contributed by atoms with Gasteiger partial charge in [0.25, 0.3) is 0 Å². The number of hydrogen-bond donors (Lipinski definition) is 1. The first-order chi connectivity index (χ1) is 11.6. The number of halogens is 3. The predicted octanol–water partition coefficient (Wildman–Crippen LogP) is 3.45. The van der Waals surface area contributed by atoms with E-state index in [-0.39, 0.29) is 24.8 Å². The Morgan fingerprint density at radius 2 is 2.00 bits per heavy atom. The van der Waals surface area contributed by atoms with Gasteiger partial charge in [0, 0.05) is 19.0 Å². The van der Waals surface area contributed by atoms with Gasteiger partial charge in [-0.2, -0.15) is 13.2 Å². The third kappa shape index (κ3) is 4.96. The molecule has 1 aliphatic heterocycles. The number of carboxylic acid groups (broad SMARTS) is 1. The van der Waals surface area contributed by atoms with Gasteiger partial charge < -0.3 is 10.0 Å². The van der Waals surface area contributed by atoms with E-state index < -0.39 is 29.5 Å². The molecule has 1 saturated heterocycles. The number of benzene rings is 1. The Kier molecular flexibility index (Phi) is 5.75. The summed E-state index contributed by atoms with van der Waals surface area (Å²) in [6.07, 6.45) is -3.70. The van der Waals surface area contributed by atoms with Crippen LogP contribution < -0.4 is 0 Å². The molecule has 2 rings (SSSR count). The molecule has 0 aromatic heterocycles. The lowest BCUT2D eigenvalue weighted by Gasteiger charge is -2.36. The molecule has 3 unspecified atom stereocenters. The van der Waals surface area contributed by atoms with Crippen LogP contribution in [-0.4, -0.2) is 35.0 Å². The maximum absolute atomic E-state index is 12.8. The number of carboxylic acids is 1. The van der Waals surface area contributed by atoms with Gasteiger partial charge in [-0.05, 0) is 30.4 Å². The van der Waals surface area contributed by atoms with Gasteiger partial charge in [0.1, 0.15) is 0 Å². The van der Waals surface area contributed by atoms with Crippen LogP contribution in [0.3, 0.4) is 0 Å². The summed E-state index contributed by atoms with van der Waals surface area (Å²) in [6.45, 7) is 4.20.